The number of carbonyl (C=O) groups excluding carboxylic acids is 2. The van der Waals surface area contributed by atoms with Gasteiger partial charge in [-0.25, -0.2) is 4.79 Å². The fraction of sp³-hybridized carbons (Fsp3) is 0.500. The molecule has 5 heteroatoms. The van der Waals surface area contributed by atoms with E-state index in [1.54, 1.807) is 0 Å². The van der Waals surface area contributed by atoms with Gasteiger partial charge >= 0.3 is 5.97 Å². The smallest absolute Gasteiger partial charge is 0.328 e. The highest BCUT2D eigenvalue weighted by Gasteiger charge is 2.26. The van der Waals surface area contributed by atoms with E-state index >= 15 is 0 Å². The highest BCUT2D eigenvalue weighted by atomic mass is 16.5. The van der Waals surface area contributed by atoms with Gasteiger partial charge in [-0.05, 0) is 36.1 Å². The summed E-state index contributed by atoms with van der Waals surface area (Å²) in [5, 5.41) is 6.09. The monoisotopic (exact) mass is 290 g/mol. The SMILES string of the molecule is COC(=O)[C@@H](NC(=O)c1cccc2c1CCNC2)C(C)C. The Morgan fingerprint density at radius 3 is 2.76 bits per heavy atom. The van der Waals surface area contributed by atoms with Crippen molar-refractivity contribution >= 4 is 11.9 Å². The Morgan fingerprint density at radius 2 is 2.10 bits per heavy atom. The predicted octanol–water partition coefficient (Wildman–Crippen LogP) is 1.26. The molecule has 5 nitrogen and oxygen atoms in total. The van der Waals surface area contributed by atoms with Crippen LogP contribution in [-0.4, -0.2) is 31.6 Å². The summed E-state index contributed by atoms with van der Waals surface area (Å²) < 4.78 is 4.76. The summed E-state index contributed by atoms with van der Waals surface area (Å²) in [7, 11) is 1.33. The number of benzene rings is 1. The van der Waals surface area contributed by atoms with Crippen LogP contribution in [0.1, 0.15) is 35.3 Å². The molecule has 1 amide bonds. The van der Waals surface area contributed by atoms with Crippen molar-refractivity contribution in [2.75, 3.05) is 13.7 Å². The molecule has 1 aromatic carbocycles. The molecule has 0 unspecified atom stereocenters. The predicted molar refractivity (Wildman–Crippen MR) is 80.0 cm³/mol. The van der Waals surface area contributed by atoms with Gasteiger partial charge in [0.1, 0.15) is 6.04 Å². The Hall–Kier alpha value is -1.88. The Morgan fingerprint density at radius 1 is 1.33 bits per heavy atom. The zero-order valence-corrected chi connectivity index (χ0v) is 12.7. The molecular weight excluding hydrogens is 268 g/mol. The van der Waals surface area contributed by atoms with Crippen molar-refractivity contribution in [3.05, 3.63) is 34.9 Å². The molecule has 0 saturated carbocycles. The number of rotatable bonds is 4. The maximum atomic E-state index is 12.5. The van der Waals surface area contributed by atoms with E-state index in [9.17, 15) is 9.59 Å². The number of nitrogens with one attached hydrogen (secondary N) is 2. The number of esters is 1. The van der Waals surface area contributed by atoms with Crippen LogP contribution in [0.4, 0.5) is 0 Å². The van der Waals surface area contributed by atoms with Crippen LogP contribution in [-0.2, 0) is 22.5 Å². The molecule has 0 aromatic heterocycles. The van der Waals surface area contributed by atoms with Crippen molar-refractivity contribution in [1.29, 1.82) is 0 Å². The second-order valence-corrected chi connectivity index (χ2v) is 5.59. The quantitative estimate of drug-likeness (QED) is 0.819. The highest BCUT2D eigenvalue weighted by Crippen LogP contribution is 2.19. The lowest BCUT2D eigenvalue weighted by atomic mass is 9.94. The topological polar surface area (TPSA) is 67.4 Å². The van der Waals surface area contributed by atoms with Crippen molar-refractivity contribution in [2.45, 2.75) is 32.9 Å². The molecule has 1 heterocycles. The maximum absolute atomic E-state index is 12.5. The van der Waals surface area contributed by atoms with Crippen LogP contribution in [0.2, 0.25) is 0 Å². The molecule has 0 spiro atoms. The van der Waals surface area contributed by atoms with Crippen LogP contribution in [0.25, 0.3) is 0 Å². The molecule has 1 aliphatic rings. The maximum Gasteiger partial charge on any atom is 0.328 e. The van der Waals surface area contributed by atoms with Crippen LogP contribution in [0.15, 0.2) is 18.2 Å². The standard InChI is InChI=1S/C16H22N2O3/c1-10(2)14(16(20)21-3)18-15(19)13-6-4-5-11-9-17-8-7-12(11)13/h4-6,10,14,17H,7-9H2,1-3H3,(H,18,19)/t14-/m0/s1. The molecule has 2 rings (SSSR count). The van der Waals surface area contributed by atoms with Gasteiger partial charge in [0.25, 0.3) is 5.91 Å². The van der Waals surface area contributed by atoms with Gasteiger partial charge in [0, 0.05) is 12.1 Å². The first-order chi connectivity index (χ1) is 10.0. The van der Waals surface area contributed by atoms with Gasteiger partial charge in [-0.2, -0.15) is 0 Å². The van der Waals surface area contributed by atoms with E-state index < -0.39 is 12.0 Å². The number of carbonyl (C=O) groups is 2. The average molecular weight is 290 g/mol. The van der Waals surface area contributed by atoms with Gasteiger partial charge in [-0.1, -0.05) is 26.0 Å². The van der Waals surface area contributed by atoms with Gasteiger partial charge in [0.15, 0.2) is 0 Å². The van der Waals surface area contributed by atoms with Crippen LogP contribution in [0.5, 0.6) is 0 Å². The van der Waals surface area contributed by atoms with Crippen molar-refractivity contribution < 1.29 is 14.3 Å². The third-order valence-corrected chi connectivity index (χ3v) is 3.79. The van der Waals surface area contributed by atoms with Crippen LogP contribution in [0, 0.1) is 5.92 Å². The van der Waals surface area contributed by atoms with Gasteiger partial charge in [0.05, 0.1) is 7.11 Å². The molecular formula is C16H22N2O3. The van der Waals surface area contributed by atoms with E-state index in [4.69, 9.17) is 4.74 Å². The van der Waals surface area contributed by atoms with Crippen molar-refractivity contribution in [2.24, 2.45) is 5.92 Å². The van der Waals surface area contributed by atoms with E-state index in [-0.39, 0.29) is 11.8 Å². The minimum Gasteiger partial charge on any atom is -0.467 e. The van der Waals surface area contributed by atoms with Crippen molar-refractivity contribution in [1.82, 2.24) is 10.6 Å². The Bertz CT molecular complexity index is 540. The van der Waals surface area contributed by atoms with Crippen LogP contribution in [0.3, 0.4) is 0 Å². The lowest BCUT2D eigenvalue weighted by molar-refractivity contribution is -0.144. The number of hydrogen-bond donors (Lipinski definition) is 2. The zero-order chi connectivity index (χ0) is 15.4. The first-order valence-electron chi connectivity index (χ1n) is 7.24. The number of hydrogen-bond acceptors (Lipinski definition) is 4. The summed E-state index contributed by atoms with van der Waals surface area (Å²) in [6.45, 7) is 5.40. The number of methoxy groups -OCH3 is 1. The number of fused-ring (bicyclic) bond motifs is 1. The minimum absolute atomic E-state index is 0.0254. The summed E-state index contributed by atoms with van der Waals surface area (Å²) in [6, 6.07) is 5.09. The summed E-state index contributed by atoms with van der Waals surface area (Å²) in [6.07, 6.45) is 0.823. The minimum atomic E-state index is -0.625. The van der Waals surface area contributed by atoms with Gasteiger partial charge in [0.2, 0.25) is 0 Å². The fourth-order valence-electron chi connectivity index (χ4n) is 2.59. The lowest BCUT2D eigenvalue weighted by Crippen LogP contribution is -2.45. The molecule has 2 N–H and O–H groups in total. The van der Waals surface area contributed by atoms with Crippen molar-refractivity contribution in [3.8, 4) is 0 Å². The Balaban J connectivity index is 2.22. The van der Waals surface area contributed by atoms with Gasteiger partial charge in [-0.15, -0.1) is 0 Å². The van der Waals surface area contributed by atoms with E-state index in [1.165, 1.54) is 7.11 Å². The van der Waals surface area contributed by atoms with Gasteiger partial charge in [-0.3, -0.25) is 4.79 Å². The number of amides is 1. The summed E-state index contributed by atoms with van der Waals surface area (Å²) in [5.74, 6) is -0.648. The summed E-state index contributed by atoms with van der Waals surface area (Å²) in [5.41, 5.74) is 2.87. The van der Waals surface area contributed by atoms with E-state index in [0.29, 0.717) is 5.56 Å². The van der Waals surface area contributed by atoms with Crippen molar-refractivity contribution in [3.63, 3.8) is 0 Å². The van der Waals surface area contributed by atoms with E-state index in [2.05, 4.69) is 10.6 Å². The molecule has 114 valence electrons. The fourth-order valence-corrected chi connectivity index (χ4v) is 2.59. The van der Waals surface area contributed by atoms with E-state index in [0.717, 1.165) is 30.6 Å². The molecule has 0 saturated heterocycles. The summed E-state index contributed by atoms with van der Waals surface area (Å²) in [4.78, 5) is 24.3. The Kier molecular flexibility index (Phi) is 4.96. The first kappa shape index (κ1) is 15.5. The van der Waals surface area contributed by atoms with Gasteiger partial charge < -0.3 is 15.4 Å². The highest BCUT2D eigenvalue weighted by molar-refractivity contribution is 5.98. The first-order valence-corrected chi connectivity index (χ1v) is 7.24. The van der Waals surface area contributed by atoms with Crippen LogP contribution >= 0.6 is 0 Å². The normalized spacial score (nSPS) is 15.2. The Labute approximate surface area is 125 Å². The lowest BCUT2D eigenvalue weighted by Gasteiger charge is -2.23. The molecule has 21 heavy (non-hydrogen) atoms. The summed E-state index contributed by atoms with van der Waals surface area (Å²) >= 11 is 0. The zero-order valence-electron chi connectivity index (χ0n) is 12.7. The largest absolute Gasteiger partial charge is 0.467 e. The molecule has 0 radical (unpaired) electrons. The molecule has 0 fully saturated rings. The molecule has 0 bridgehead atoms. The third kappa shape index (κ3) is 3.42. The molecule has 0 aliphatic carbocycles. The number of ether oxygens (including phenoxy) is 1. The third-order valence-electron chi connectivity index (χ3n) is 3.79. The average Bonchev–Trinajstić information content (AvgIpc) is 2.50. The van der Waals surface area contributed by atoms with Crippen LogP contribution < -0.4 is 10.6 Å². The van der Waals surface area contributed by atoms with E-state index in [1.807, 2.05) is 32.0 Å². The molecule has 1 aliphatic heterocycles. The second kappa shape index (κ2) is 6.72. The second-order valence-electron chi connectivity index (χ2n) is 5.59. The molecule has 1 aromatic rings. The molecule has 1 atom stereocenters.